The highest BCUT2D eigenvalue weighted by Crippen LogP contribution is 2.32. The van der Waals surface area contributed by atoms with Crippen molar-refractivity contribution in [3.63, 3.8) is 0 Å². The Balaban J connectivity index is 0.00000242. The topological polar surface area (TPSA) is 50.8 Å². The number of amides is 1. The van der Waals surface area contributed by atoms with Crippen molar-refractivity contribution in [1.82, 2.24) is 5.32 Å². The number of halogens is 1. The Hall–Kier alpha value is -1.46. The quantitative estimate of drug-likeness (QED) is 0.871. The third-order valence-electron chi connectivity index (χ3n) is 4.17. The van der Waals surface area contributed by atoms with E-state index in [2.05, 4.69) is 5.32 Å². The smallest absolute Gasteiger partial charge is 0.230 e. The Morgan fingerprint density at radius 1 is 1.32 bits per heavy atom. The lowest BCUT2D eigenvalue weighted by molar-refractivity contribution is -0.124. The number of ether oxygens (including phenoxy) is 2. The van der Waals surface area contributed by atoms with Gasteiger partial charge in [-0.2, -0.15) is 0 Å². The van der Waals surface area contributed by atoms with E-state index in [0.717, 1.165) is 18.8 Å². The van der Waals surface area contributed by atoms with Crippen molar-refractivity contribution < 1.29 is 14.3 Å². The van der Waals surface area contributed by atoms with Gasteiger partial charge in [0.2, 0.25) is 5.91 Å². The Morgan fingerprint density at radius 3 is 2.41 bits per heavy atom. The van der Waals surface area contributed by atoms with E-state index in [0.29, 0.717) is 24.0 Å². The van der Waals surface area contributed by atoms with E-state index in [1.807, 2.05) is 36.9 Å². The van der Waals surface area contributed by atoms with Crippen molar-refractivity contribution in [2.75, 3.05) is 38.8 Å². The molecule has 5 nitrogen and oxygen atoms in total. The number of methoxy groups -OCH3 is 2. The van der Waals surface area contributed by atoms with Crippen LogP contribution in [-0.4, -0.2) is 39.8 Å². The lowest BCUT2D eigenvalue weighted by Crippen LogP contribution is -2.50. The average molecular weight is 329 g/mol. The summed E-state index contributed by atoms with van der Waals surface area (Å²) < 4.78 is 10.6. The number of nitrogens with zero attached hydrogens (tertiary/aromatic N) is 1. The largest absolute Gasteiger partial charge is 0.493 e. The predicted molar refractivity (Wildman–Crippen MR) is 90.3 cm³/mol. The second-order valence-corrected chi connectivity index (χ2v) is 5.33. The molecule has 1 fully saturated rings. The average Bonchev–Trinajstić information content (AvgIpc) is 2.45. The van der Waals surface area contributed by atoms with Crippen molar-refractivity contribution in [2.45, 2.75) is 13.8 Å². The van der Waals surface area contributed by atoms with E-state index in [-0.39, 0.29) is 24.2 Å². The molecule has 1 aromatic rings. The van der Waals surface area contributed by atoms with Crippen molar-refractivity contribution in [1.29, 1.82) is 0 Å². The second-order valence-electron chi connectivity index (χ2n) is 5.33. The fraction of sp³-hybridized carbons (Fsp3) is 0.562. The molecular formula is C16H25ClN2O3. The van der Waals surface area contributed by atoms with Crippen molar-refractivity contribution in [2.24, 2.45) is 11.8 Å². The lowest BCUT2D eigenvalue weighted by atomic mass is 9.88. The summed E-state index contributed by atoms with van der Waals surface area (Å²) in [6, 6.07) is 5.58. The van der Waals surface area contributed by atoms with Crippen LogP contribution >= 0.6 is 12.4 Å². The molecule has 0 spiro atoms. The fourth-order valence-electron chi connectivity index (χ4n) is 2.57. The summed E-state index contributed by atoms with van der Waals surface area (Å²) in [6.07, 6.45) is 0. The van der Waals surface area contributed by atoms with Gasteiger partial charge in [-0.15, -0.1) is 12.4 Å². The summed E-state index contributed by atoms with van der Waals surface area (Å²) in [7, 11) is 3.20. The molecule has 1 aliphatic heterocycles. The molecule has 1 unspecified atom stereocenters. The molecule has 1 atom stereocenters. The van der Waals surface area contributed by atoms with Gasteiger partial charge >= 0.3 is 0 Å². The highest BCUT2D eigenvalue weighted by molar-refractivity contribution is 5.95. The third kappa shape index (κ3) is 3.65. The zero-order valence-electron chi connectivity index (χ0n) is 13.6. The monoisotopic (exact) mass is 328 g/mol. The molecule has 1 aromatic carbocycles. The van der Waals surface area contributed by atoms with Crippen LogP contribution in [0.25, 0.3) is 0 Å². The Morgan fingerprint density at radius 2 is 1.95 bits per heavy atom. The first kappa shape index (κ1) is 18.6. The molecule has 1 saturated heterocycles. The minimum Gasteiger partial charge on any atom is -0.493 e. The van der Waals surface area contributed by atoms with Crippen LogP contribution in [0, 0.1) is 11.8 Å². The number of rotatable bonds is 6. The number of hydrogen-bond donors (Lipinski definition) is 1. The molecule has 1 heterocycles. The number of benzene rings is 1. The molecule has 1 amide bonds. The Bertz CT molecular complexity index is 506. The van der Waals surface area contributed by atoms with Crippen LogP contribution in [0.15, 0.2) is 18.2 Å². The summed E-state index contributed by atoms with van der Waals surface area (Å²) in [5, 5.41) is 3.22. The summed E-state index contributed by atoms with van der Waals surface area (Å²) in [5.74, 6) is 1.93. The fourth-order valence-corrected chi connectivity index (χ4v) is 2.57. The zero-order chi connectivity index (χ0) is 15.4. The molecule has 1 N–H and O–H groups in total. The highest BCUT2D eigenvalue weighted by Gasteiger charge is 2.31. The van der Waals surface area contributed by atoms with Crippen LogP contribution in [0.2, 0.25) is 0 Å². The number of carbonyl (C=O) groups excluding carboxylic acids is 1. The van der Waals surface area contributed by atoms with Gasteiger partial charge in [0, 0.05) is 24.2 Å². The van der Waals surface area contributed by atoms with E-state index in [1.54, 1.807) is 14.2 Å². The molecule has 124 valence electrons. The van der Waals surface area contributed by atoms with Crippen LogP contribution in [0.3, 0.4) is 0 Å². The van der Waals surface area contributed by atoms with Gasteiger partial charge in [-0.1, -0.05) is 6.92 Å². The maximum atomic E-state index is 12.7. The molecule has 1 aliphatic rings. The van der Waals surface area contributed by atoms with E-state index < -0.39 is 0 Å². The molecule has 6 heteroatoms. The second kappa shape index (κ2) is 8.25. The first-order valence-electron chi connectivity index (χ1n) is 7.36. The Kier molecular flexibility index (Phi) is 6.97. The van der Waals surface area contributed by atoms with Gasteiger partial charge in [0.1, 0.15) is 0 Å². The maximum Gasteiger partial charge on any atom is 0.230 e. The normalized spacial score (nSPS) is 15.3. The van der Waals surface area contributed by atoms with Gasteiger partial charge < -0.3 is 19.7 Å². The number of nitrogens with one attached hydrogen (secondary N) is 1. The molecule has 22 heavy (non-hydrogen) atoms. The number of carbonyl (C=O) groups is 1. The van der Waals surface area contributed by atoms with Gasteiger partial charge in [-0.3, -0.25) is 4.79 Å². The van der Waals surface area contributed by atoms with Gasteiger partial charge in [0.25, 0.3) is 0 Å². The third-order valence-corrected chi connectivity index (χ3v) is 4.17. The first-order chi connectivity index (χ1) is 10.1. The summed E-state index contributed by atoms with van der Waals surface area (Å²) >= 11 is 0. The zero-order valence-corrected chi connectivity index (χ0v) is 14.4. The van der Waals surface area contributed by atoms with E-state index in [9.17, 15) is 4.79 Å². The standard InChI is InChI=1S/C16H24N2O3.ClH/c1-5-18(16(19)11(2)12-9-17-10-12)13-6-7-14(20-3)15(8-13)21-4;/h6-8,11-12,17H,5,9-10H2,1-4H3;1H. The van der Waals surface area contributed by atoms with Gasteiger partial charge in [-0.05, 0) is 38.1 Å². The van der Waals surface area contributed by atoms with Gasteiger partial charge in [0.15, 0.2) is 11.5 Å². The molecule has 0 aromatic heterocycles. The first-order valence-corrected chi connectivity index (χ1v) is 7.36. The van der Waals surface area contributed by atoms with Crippen molar-refractivity contribution in [3.05, 3.63) is 18.2 Å². The molecule has 0 bridgehead atoms. The van der Waals surface area contributed by atoms with Crippen LogP contribution < -0.4 is 19.7 Å². The predicted octanol–water partition coefficient (Wildman–Crippen LogP) is 2.33. The van der Waals surface area contributed by atoms with Crippen LogP contribution in [0.1, 0.15) is 13.8 Å². The van der Waals surface area contributed by atoms with Crippen LogP contribution in [0.5, 0.6) is 11.5 Å². The minimum absolute atomic E-state index is 0. The van der Waals surface area contributed by atoms with Gasteiger partial charge in [0.05, 0.1) is 14.2 Å². The van der Waals surface area contributed by atoms with Crippen LogP contribution in [-0.2, 0) is 4.79 Å². The molecule has 0 aliphatic carbocycles. The van der Waals surface area contributed by atoms with Crippen LogP contribution in [0.4, 0.5) is 5.69 Å². The molecule has 0 saturated carbocycles. The van der Waals surface area contributed by atoms with Crippen molar-refractivity contribution in [3.8, 4) is 11.5 Å². The lowest BCUT2D eigenvalue weighted by Gasteiger charge is -2.35. The molecular weight excluding hydrogens is 304 g/mol. The van der Waals surface area contributed by atoms with E-state index in [4.69, 9.17) is 9.47 Å². The number of hydrogen-bond acceptors (Lipinski definition) is 4. The molecule has 0 radical (unpaired) electrons. The van der Waals surface area contributed by atoms with Crippen molar-refractivity contribution >= 4 is 24.0 Å². The summed E-state index contributed by atoms with van der Waals surface area (Å²) in [5.41, 5.74) is 0.847. The summed E-state index contributed by atoms with van der Waals surface area (Å²) in [6.45, 7) is 6.49. The van der Waals surface area contributed by atoms with E-state index in [1.165, 1.54) is 0 Å². The maximum absolute atomic E-state index is 12.7. The SMILES string of the molecule is CCN(C(=O)C(C)C1CNC1)c1ccc(OC)c(OC)c1.Cl. The minimum atomic E-state index is 0. The highest BCUT2D eigenvalue weighted by atomic mass is 35.5. The molecule has 2 rings (SSSR count). The van der Waals surface area contributed by atoms with E-state index >= 15 is 0 Å². The Labute approximate surface area is 138 Å². The summed E-state index contributed by atoms with van der Waals surface area (Å²) in [4.78, 5) is 14.5. The number of anilines is 1. The van der Waals surface area contributed by atoms with Gasteiger partial charge in [-0.25, -0.2) is 0 Å².